The Labute approximate surface area is 210 Å². The molecule has 2 aromatic heterocycles. The van der Waals surface area contributed by atoms with E-state index in [4.69, 9.17) is 11.6 Å². The minimum Gasteiger partial charge on any atom is -0.389 e. The second-order valence-electron chi connectivity index (χ2n) is 9.27. The quantitative estimate of drug-likeness (QED) is 0.411. The maximum Gasteiger partial charge on any atom is 0.253 e. The van der Waals surface area contributed by atoms with Gasteiger partial charge in [-0.15, -0.1) is 0 Å². The van der Waals surface area contributed by atoms with Gasteiger partial charge in [0.2, 0.25) is 0 Å². The first-order chi connectivity index (χ1) is 16.8. The number of halogens is 1. The van der Waals surface area contributed by atoms with Gasteiger partial charge in [-0.25, -0.2) is 4.98 Å². The van der Waals surface area contributed by atoms with Crippen LogP contribution < -0.4 is 5.32 Å². The van der Waals surface area contributed by atoms with Crippen LogP contribution in [0.4, 0.5) is 0 Å². The summed E-state index contributed by atoms with van der Waals surface area (Å²) in [5, 5.41) is 24.4. The second kappa shape index (κ2) is 11.3. The molecule has 0 spiro atoms. The molecule has 3 N–H and O–H groups in total. The molecule has 4 rings (SSSR count). The van der Waals surface area contributed by atoms with Crippen molar-refractivity contribution < 1.29 is 15.0 Å². The molecule has 0 saturated carbocycles. The molecule has 4 atom stereocenters. The fourth-order valence-corrected chi connectivity index (χ4v) is 4.62. The van der Waals surface area contributed by atoms with Gasteiger partial charge < -0.3 is 20.4 Å². The predicted octanol–water partition coefficient (Wildman–Crippen LogP) is 3.85. The van der Waals surface area contributed by atoms with Crippen molar-refractivity contribution in [2.45, 2.75) is 57.0 Å². The van der Waals surface area contributed by atoms with Crippen molar-refractivity contribution >= 4 is 17.5 Å². The molecule has 1 aliphatic heterocycles. The average Bonchev–Trinajstić information content (AvgIpc) is 3.32. The van der Waals surface area contributed by atoms with Gasteiger partial charge in [0.25, 0.3) is 5.91 Å². The van der Waals surface area contributed by atoms with Gasteiger partial charge in [0.05, 0.1) is 12.2 Å². The Morgan fingerprint density at radius 1 is 1.09 bits per heavy atom. The van der Waals surface area contributed by atoms with E-state index < -0.39 is 12.2 Å². The summed E-state index contributed by atoms with van der Waals surface area (Å²) in [6.45, 7) is 2.10. The first-order valence-corrected chi connectivity index (χ1v) is 12.2. The number of carbonyl (C=O) groups excluding carboxylic acids is 1. The zero-order chi connectivity index (χ0) is 24.9. The molecule has 4 unspecified atom stereocenters. The summed E-state index contributed by atoms with van der Waals surface area (Å²) in [5.74, 6) is -0.0715. The number of rotatable bonds is 8. The summed E-state index contributed by atoms with van der Waals surface area (Å²) in [6.07, 6.45) is 6.40. The van der Waals surface area contributed by atoms with Crippen LogP contribution in [-0.2, 0) is 13.0 Å². The summed E-state index contributed by atoms with van der Waals surface area (Å²) in [6, 6.07) is 13.3. The molecular weight excluding hydrogens is 464 g/mol. The molecule has 1 aromatic carbocycles. The second-order valence-corrected chi connectivity index (χ2v) is 9.66. The molecule has 3 heterocycles. The van der Waals surface area contributed by atoms with Crippen LogP contribution in [0.5, 0.6) is 0 Å². The van der Waals surface area contributed by atoms with E-state index in [2.05, 4.69) is 15.3 Å². The van der Waals surface area contributed by atoms with Gasteiger partial charge in [-0.3, -0.25) is 9.78 Å². The number of hydrogen-bond donors (Lipinski definition) is 3. The number of amides is 1. The summed E-state index contributed by atoms with van der Waals surface area (Å²) >= 11 is 5.85. The highest BCUT2D eigenvalue weighted by molar-refractivity contribution is 6.29. The van der Waals surface area contributed by atoms with E-state index in [0.29, 0.717) is 17.3 Å². The topological polar surface area (TPSA) is 98.6 Å². The Morgan fingerprint density at radius 3 is 2.54 bits per heavy atom. The number of benzene rings is 1. The highest BCUT2D eigenvalue weighted by atomic mass is 35.5. The van der Waals surface area contributed by atoms with E-state index in [9.17, 15) is 15.0 Å². The van der Waals surface area contributed by atoms with E-state index in [-0.39, 0.29) is 18.0 Å². The Hall–Kier alpha value is -2.84. The van der Waals surface area contributed by atoms with Crippen LogP contribution in [0.25, 0.3) is 0 Å². The summed E-state index contributed by atoms with van der Waals surface area (Å²) < 4.78 is 0. The Balaban J connectivity index is 1.31. The van der Waals surface area contributed by atoms with Gasteiger partial charge in [0, 0.05) is 55.4 Å². The van der Waals surface area contributed by atoms with Crippen molar-refractivity contribution in [3.63, 3.8) is 0 Å². The number of aliphatic hydroxyl groups excluding tert-OH is 2. The highest BCUT2D eigenvalue weighted by Gasteiger charge is 2.30. The number of carbonyl (C=O) groups is 1. The van der Waals surface area contributed by atoms with Crippen LogP contribution in [0.1, 0.15) is 64.6 Å². The lowest BCUT2D eigenvalue weighted by molar-refractivity contribution is 0.0785. The van der Waals surface area contributed by atoms with E-state index in [0.717, 1.165) is 41.5 Å². The molecule has 35 heavy (non-hydrogen) atoms. The average molecular weight is 495 g/mol. The zero-order valence-corrected chi connectivity index (χ0v) is 20.7. The molecule has 1 aliphatic rings. The van der Waals surface area contributed by atoms with Gasteiger partial charge in [-0.2, -0.15) is 0 Å². The van der Waals surface area contributed by atoms with Crippen LogP contribution >= 0.6 is 11.6 Å². The molecule has 0 aliphatic carbocycles. The Morgan fingerprint density at radius 2 is 1.86 bits per heavy atom. The third-order valence-corrected chi connectivity index (χ3v) is 6.72. The molecule has 0 radical (unpaired) electrons. The number of aromatic nitrogens is 2. The molecule has 0 bridgehead atoms. The van der Waals surface area contributed by atoms with Crippen molar-refractivity contribution in [3.8, 4) is 0 Å². The molecular formula is C27H31ClN4O3. The summed E-state index contributed by atoms with van der Waals surface area (Å²) in [4.78, 5) is 22.8. The van der Waals surface area contributed by atoms with E-state index in [1.54, 1.807) is 43.5 Å². The summed E-state index contributed by atoms with van der Waals surface area (Å²) in [7, 11) is 1.76. The number of nitrogens with zero attached hydrogens (tertiary/aromatic N) is 3. The third kappa shape index (κ3) is 6.44. The smallest absolute Gasteiger partial charge is 0.253 e. The van der Waals surface area contributed by atoms with Crippen LogP contribution in [0.15, 0.2) is 61.1 Å². The minimum absolute atomic E-state index is 0.0284. The normalized spacial score (nSPS) is 19.3. The predicted molar refractivity (Wildman–Crippen MR) is 135 cm³/mol. The molecule has 7 nitrogen and oxygen atoms in total. The van der Waals surface area contributed by atoms with Crippen molar-refractivity contribution in [2.75, 3.05) is 7.05 Å². The van der Waals surface area contributed by atoms with Gasteiger partial charge in [-0.1, -0.05) is 29.8 Å². The largest absolute Gasteiger partial charge is 0.389 e. The lowest BCUT2D eigenvalue weighted by Gasteiger charge is -2.20. The number of hydrogen-bond acceptors (Lipinski definition) is 6. The Kier molecular flexibility index (Phi) is 8.13. The molecule has 184 valence electrons. The number of pyridine rings is 2. The zero-order valence-electron chi connectivity index (χ0n) is 19.9. The first-order valence-electron chi connectivity index (χ1n) is 11.8. The van der Waals surface area contributed by atoms with Crippen molar-refractivity contribution in [1.29, 1.82) is 0 Å². The maximum atomic E-state index is 12.9. The maximum absolute atomic E-state index is 12.9. The SMILES string of the molecule is CC(O)c1cncc(CN(C)C(=O)c2ccc(CC3CCC(C(O)c4ccc(Cl)nc4)N3)cc2)c1. The third-order valence-electron chi connectivity index (χ3n) is 6.50. The molecule has 1 saturated heterocycles. The van der Waals surface area contributed by atoms with Crippen LogP contribution in [0.3, 0.4) is 0 Å². The molecule has 8 heteroatoms. The van der Waals surface area contributed by atoms with Gasteiger partial charge in [0.15, 0.2) is 0 Å². The number of aliphatic hydroxyl groups is 2. The fraction of sp³-hybridized carbons (Fsp3) is 0.370. The lowest BCUT2D eigenvalue weighted by Crippen LogP contribution is -2.35. The van der Waals surface area contributed by atoms with Gasteiger partial charge >= 0.3 is 0 Å². The fourth-order valence-electron chi connectivity index (χ4n) is 4.51. The molecule has 3 aromatic rings. The molecule has 1 fully saturated rings. The standard InChI is InChI=1S/C27H31ClN4O3/c1-17(33)22-11-19(13-29-14-22)16-32(2)27(35)20-5-3-18(4-6-20)12-23-8-9-24(31-23)26(34)21-7-10-25(28)30-15-21/h3-7,10-11,13-15,17,23-24,26,31,33-34H,8-9,12,16H2,1-2H3. The summed E-state index contributed by atoms with van der Waals surface area (Å²) in [5.41, 5.74) is 4.12. The van der Waals surface area contributed by atoms with Crippen molar-refractivity contribution in [1.82, 2.24) is 20.2 Å². The monoisotopic (exact) mass is 494 g/mol. The van der Waals surface area contributed by atoms with Crippen LogP contribution in [-0.4, -0.2) is 50.1 Å². The van der Waals surface area contributed by atoms with E-state index in [1.807, 2.05) is 36.4 Å². The highest BCUT2D eigenvalue weighted by Crippen LogP contribution is 2.27. The van der Waals surface area contributed by atoms with E-state index >= 15 is 0 Å². The first kappa shape index (κ1) is 25.3. The van der Waals surface area contributed by atoms with Gasteiger partial charge in [0.1, 0.15) is 5.15 Å². The lowest BCUT2D eigenvalue weighted by atomic mass is 10.0. The van der Waals surface area contributed by atoms with Crippen molar-refractivity contribution in [2.24, 2.45) is 0 Å². The number of nitrogens with one attached hydrogen (secondary N) is 1. The molecule has 1 amide bonds. The van der Waals surface area contributed by atoms with Crippen LogP contribution in [0.2, 0.25) is 5.15 Å². The van der Waals surface area contributed by atoms with Crippen molar-refractivity contribution in [3.05, 3.63) is 94.0 Å². The Bertz CT molecular complexity index is 1140. The van der Waals surface area contributed by atoms with Gasteiger partial charge in [-0.05, 0) is 67.1 Å². The van der Waals surface area contributed by atoms with Crippen LogP contribution in [0, 0.1) is 0 Å². The van der Waals surface area contributed by atoms with E-state index in [1.165, 1.54) is 0 Å². The minimum atomic E-state index is -0.628.